The van der Waals surface area contributed by atoms with Crippen molar-refractivity contribution in [2.24, 2.45) is 5.92 Å². The summed E-state index contributed by atoms with van der Waals surface area (Å²) in [6.45, 7) is 1.83. The van der Waals surface area contributed by atoms with E-state index in [-0.39, 0.29) is 23.8 Å². The minimum atomic E-state index is -0.834. The Kier molecular flexibility index (Phi) is 3.90. The summed E-state index contributed by atoms with van der Waals surface area (Å²) < 4.78 is 5.10. The summed E-state index contributed by atoms with van der Waals surface area (Å²) in [6.07, 6.45) is 2.10. The molecule has 0 heterocycles. The molecular formula is C14H17ClO4. The van der Waals surface area contributed by atoms with Gasteiger partial charge >= 0.3 is 5.97 Å². The summed E-state index contributed by atoms with van der Waals surface area (Å²) in [5.41, 5.74) is 1.60. The molecule has 5 heteroatoms. The fraction of sp³-hybridized carbons (Fsp3) is 0.500. The Labute approximate surface area is 117 Å². The molecule has 0 spiro atoms. The topological polar surface area (TPSA) is 66.8 Å². The maximum absolute atomic E-state index is 11.0. The van der Waals surface area contributed by atoms with Gasteiger partial charge in [-0.1, -0.05) is 11.6 Å². The van der Waals surface area contributed by atoms with Gasteiger partial charge in [0.15, 0.2) is 11.5 Å². The van der Waals surface area contributed by atoms with E-state index in [1.165, 1.54) is 7.11 Å². The molecule has 1 fully saturated rings. The van der Waals surface area contributed by atoms with Gasteiger partial charge in [0.25, 0.3) is 0 Å². The zero-order valence-corrected chi connectivity index (χ0v) is 11.7. The van der Waals surface area contributed by atoms with Crippen LogP contribution in [0.1, 0.15) is 36.3 Å². The Bertz CT molecular complexity index is 509. The maximum Gasteiger partial charge on any atom is 0.303 e. The first-order valence-corrected chi connectivity index (χ1v) is 6.61. The molecule has 1 aromatic carbocycles. The van der Waals surface area contributed by atoms with Crippen LogP contribution in [0.3, 0.4) is 0 Å². The second-order valence-corrected chi connectivity index (χ2v) is 5.39. The molecule has 0 radical (unpaired) electrons. The third-order valence-electron chi connectivity index (χ3n) is 3.61. The molecule has 1 atom stereocenters. The molecule has 2 rings (SSSR count). The van der Waals surface area contributed by atoms with Crippen molar-refractivity contribution in [1.29, 1.82) is 0 Å². The van der Waals surface area contributed by atoms with Gasteiger partial charge in [-0.05, 0) is 48.8 Å². The molecule has 1 aliphatic carbocycles. The monoisotopic (exact) mass is 284 g/mol. The molecule has 2 N–H and O–H groups in total. The number of aliphatic carboxylic acids is 1. The smallest absolute Gasteiger partial charge is 0.303 e. The van der Waals surface area contributed by atoms with Gasteiger partial charge in [-0.2, -0.15) is 0 Å². The molecule has 19 heavy (non-hydrogen) atoms. The predicted octanol–water partition coefficient (Wildman–Crippen LogP) is 3.33. The minimum absolute atomic E-state index is 0.0152. The number of benzene rings is 1. The van der Waals surface area contributed by atoms with Crippen molar-refractivity contribution < 1.29 is 19.7 Å². The lowest BCUT2D eigenvalue weighted by Gasteiger charge is -2.21. The summed E-state index contributed by atoms with van der Waals surface area (Å²) in [7, 11) is 1.43. The maximum atomic E-state index is 11.0. The van der Waals surface area contributed by atoms with Crippen molar-refractivity contribution in [3.63, 3.8) is 0 Å². The summed E-state index contributed by atoms with van der Waals surface area (Å²) in [6, 6.07) is 1.58. The molecule has 1 unspecified atom stereocenters. The Hall–Kier alpha value is -1.42. The van der Waals surface area contributed by atoms with Crippen LogP contribution in [0.4, 0.5) is 0 Å². The van der Waals surface area contributed by atoms with Gasteiger partial charge in [0.1, 0.15) is 0 Å². The number of phenolic OH excluding ortho intramolecular Hbond substituents is 1. The molecule has 0 aliphatic heterocycles. The van der Waals surface area contributed by atoms with Crippen LogP contribution in [0.2, 0.25) is 5.02 Å². The first-order valence-electron chi connectivity index (χ1n) is 6.23. The molecule has 1 saturated carbocycles. The zero-order chi connectivity index (χ0) is 14.2. The summed E-state index contributed by atoms with van der Waals surface area (Å²) in [5, 5.41) is 19.2. The molecule has 104 valence electrons. The van der Waals surface area contributed by atoms with E-state index >= 15 is 0 Å². The third-order valence-corrected chi connectivity index (χ3v) is 3.98. The molecule has 0 aromatic heterocycles. The fourth-order valence-electron chi connectivity index (χ4n) is 2.60. The number of methoxy groups -OCH3 is 1. The van der Waals surface area contributed by atoms with Crippen LogP contribution in [0.15, 0.2) is 6.07 Å². The van der Waals surface area contributed by atoms with Crippen molar-refractivity contribution in [1.82, 2.24) is 0 Å². The number of halogens is 1. The van der Waals surface area contributed by atoms with Crippen molar-refractivity contribution in [2.45, 2.75) is 32.1 Å². The summed E-state index contributed by atoms with van der Waals surface area (Å²) >= 11 is 6.29. The first-order chi connectivity index (χ1) is 8.95. The van der Waals surface area contributed by atoms with Gasteiger partial charge in [-0.15, -0.1) is 0 Å². The summed E-state index contributed by atoms with van der Waals surface area (Å²) in [5.74, 6) is -0.377. The lowest BCUT2D eigenvalue weighted by Crippen LogP contribution is -2.11. The highest BCUT2D eigenvalue weighted by Crippen LogP contribution is 2.50. The number of carboxylic acids is 1. The number of rotatable bonds is 5. The number of carbonyl (C=O) groups is 1. The van der Waals surface area contributed by atoms with E-state index < -0.39 is 5.97 Å². The Morgan fingerprint density at radius 2 is 2.21 bits per heavy atom. The average Bonchev–Trinajstić information content (AvgIpc) is 3.10. The molecule has 0 saturated heterocycles. The van der Waals surface area contributed by atoms with E-state index in [9.17, 15) is 9.90 Å². The number of aromatic hydroxyl groups is 1. The zero-order valence-electron chi connectivity index (χ0n) is 10.9. The van der Waals surface area contributed by atoms with Gasteiger partial charge < -0.3 is 14.9 Å². The lowest BCUT2D eigenvalue weighted by molar-refractivity contribution is -0.137. The number of phenols is 1. The third kappa shape index (κ3) is 2.78. The number of carboxylic acid groups (broad SMARTS) is 1. The van der Waals surface area contributed by atoms with E-state index in [0.29, 0.717) is 10.9 Å². The van der Waals surface area contributed by atoms with Gasteiger partial charge in [0, 0.05) is 0 Å². The largest absolute Gasteiger partial charge is 0.504 e. The lowest BCUT2D eigenvalue weighted by atomic mass is 9.87. The van der Waals surface area contributed by atoms with Crippen molar-refractivity contribution in [2.75, 3.05) is 7.11 Å². The average molecular weight is 285 g/mol. The van der Waals surface area contributed by atoms with E-state index in [0.717, 1.165) is 24.0 Å². The second-order valence-electron chi connectivity index (χ2n) is 5.02. The number of hydrogen-bond donors (Lipinski definition) is 2. The highest BCUT2D eigenvalue weighted by Gasteiger charge is 2.36. The Morgan fingerprint density at radius 3 is 2.68 bits per heavy atom. The van der Waals surface area contributed by atoms with Crippen LogP contribution in [-0.4, -0.2) is 23.3 Å². The van der Waals surface area contributed by atoms with Crippen LogP contribution in [-0.2, 0) is 4.79 Å². The van der Waals surface area contributed by atoms with Crippen LogP contribution < -0.4 is 4.74 Å². The van der Waals surface area contributed by atoms with E-state index in [2.05, 4.69) is 0 Å². The number of hydrogen-bond acceptors (Lipinski definition) is 3. The highest BCUT2D eigenvalue weighted by atomic mass is 35.5. The molecule has 0 bridgehead atoms. The summed E-state index contributed by atoms with van der Waals surface area (Å²) in [4.78, 5) is 11.0. The van der Waals surface area contributed by atoms with Crippen LogP contribution in [0.25, 0.3) is 0 Å². The van der Waals surface area contributed by atoms with E-state index in [1.54, 1.807) is 6.07 Å². The van der Waals surface area contributed by atoms with E-state index in [1.807, 2.05) is 6.92 Å². The fourth-order valence-corrected chi connectivity index (χ4v) is 3.06. The van der Waals surface area contributed by atoms with E-state index in [4.69, 9.17) is 21.4 Å². The Morgan fingerprint density at radius 1 is 1.58 bits per heavy atom. The SMILES string of the molecule is COc1c(O)cc(C)c(C(CC(=O)O)C2CC2)c1Cl. The van der Waals surface area contributed by atoms with Gasteiger partial charge in [0.05, 0.1) is 18.6 Å². The molecular weight excluding hydrogens is 268 g/mol. The number of aryl methyl sites for hydroxylation is 1. The highest BCUT2D eigenvalue weighted by molar-refractivity contribution is 6.33. The molecule has 1 aliphatic rings. The quantitative estimate of drug-likeness (QED) is 0.870. The number of ether oxygens (including phenoxy) is 1. The van der Waals surface area contributed by atoms with Crippen LogP contribution >= 0.6 is 11.6 Å². The van der Waals surface area contributed by atoms with Crippen molar-refractivity contribution in [3.05, 3.63) is 22.2 Å². The standard InChI is InChI=1S/C14H17ClO4/c1-7-5-10(16)14(19-2)13(15)12(7)9(6-11(17)18)8-3-4-8/h5,8-9,16H,3-4,6H2,1-2H3,(H,17,18). The predicted molar refractivity (Wildman–Crippen MR) is 72.1 cm³/mol. The first kappa shape index (κ1) is 14.0. The van der Waals surface area contributed by atoms with Crippen molar-refractivity contribution in [3.8, 4) is 11.5 Å². The van der Waals surface area contributed by atoms with Crippen molar-refractivity contribution >= 4 is 17.6 Å². The normalized spacial score (nSPS) is 16.2. The molecule has 1 aromatic rings. The molecule has 4 nitrogen and oxygen atoms in total. The van der Waals surface area contributed by atoms with Gasteiger partial charge in [-0.3, -0.25) is 4.79 Å². The van der Waals surface area contributed by atoms with Crippen LogP contribution in [0.5, 0.6) is 11.5 Å². The Balaban J connectivity index is 2.49. The molecule has 0 amide bonds. The van der Waals surface area contributed by atoms with Gasteiger partial charge in [-0.25, -0.2) is 0 Å². The minimum Gasteiger partial charge on any atom is -0.504 e. The second kappa shape index (κ2) is 5.29. The van der Waals surface area contributed by atoms with Gasteiger partial charge in [0.2, 0.25) is 0 Å². The van der Waals surface area contributed by atoms with Crippen LogP contribution in [0, 0.1) is 12.8 Å².